The third-order valence-electron chi connectivity index (χ3n) is 7.12. The number of aliphatic hydroxyl groups is 1. The molecule has 0 radical (unpaired) electrons. The molecule has 0 unspecified atom stereocenters. The molecule has 1 fully saturated rings. The van der Waals surface area contributed by atoms with Gasteiger partial charge in [-0.2, -0.15) is 0 Å². The molecule has 3 N–H and O–H groups in total. The smallest absolute Gasteiger partial charge is 0.288 e. The van der Waals surface area contributed by atoms with Crippen molar-refractivity contribution in [2.45, 2.75) is 65.3 Å². The molecular formula is C38H44N2O4. The van der Waals surface area contributed by atoms with Gasteiger partial charge in [-0.15, -0.1) is 0 Å². The Kier molecular flexibility index (Phi) is 14.9. The van der Waals surface area contributed by atoms with Gasteiger partial charge >= 0.3 is 0 Å². The van der Waals surface area contributed by atoms with Gasteiger partial charge in [0.05, 0.1) is 17.7 Å². The van der Waals surface area contributed by atoms with Crippen LogP contribution in [0.4, 0.5) is 0 Å². The summed E-state index contributed by atoms with van der Waals surface area (Å²) >= 11 is 0. The van der Waals surface area contributed by atoms with Crippen LogP contribution in [0.2, 0.25) is 0 Å². The van der Waals surface area contributed by atoms with Crippen LogP contribution in [0, 0.1) is 18.8 Å². The monoisotopic (exact) mass is 592 g/mol. The van der Waals surface area contributed by atoms with E-state index in [0.717, 1.165) is 32.1 Å². The Morgan fingerprint density at radius 1 is 1.00 bits per heavy atom. The van der Waals surface area contributed by atoms with E-state index in [1.807, 2.05) is 25.1 Å². The molecule has 0 aromatic heterocycles. The number of allylic oxidation sites excluding steroid dienone is 4. The van der Waals surface area contributed by atoms with E-state index in [2.05, 4.69) is 97.5 Å². The summed E-state index contributed by atoms with van der Waals surface area (Å²) in [6.07, 6.45) is 10.2. The second-order valence-corrected chi connectivity index (χ2v) is 10.3. The molecule has 1 aliphatic rings. The molecule has 4 rings (SSSR count). The van der Waals surface area contributed by atoms with Gasteiger partial charge in [0.2, 0.25) is 12.2 Å². The van der Waals surface area contributed by atoms with Gasteiger partial charge in [0.15, 0.2) is 0 Å². The molecule has 0 saturated heterocycles. The Morgan fingerprint density at radius 2 is 1.68 bits per heavy atom. The summed E-state index contributed by atoms with van der Waals surface area (Å²) in [5.74, 6) is 4.06. The zero-order valence-corrected chi connectivity index (χ0v) is 26.3. The number of fused-ring (bicyclic) bond motifs is 1. The minimum atomic E-state index is -0.645. The Bertz CT molecular complexity index is 1550. The molecule has 0 spiro atoms. The molecular weight excluding hydrogens is 548 g/mol. The van der Waals surface area contributed by atoms with Crippen LogP contribution in [0.25, 0.3) is 10.8 Å². The summed E-state index contributed by atoms with van der Waals surface area (Å²) in [4.78, 5) is 32.7. The lowest BCUT2D eigenvalue weighted by Crippen LogP contribution is -2.30. The maximum Gasteiger partial charge on any atom is 0.288 e. The SMILES string of the molecule is C=C(C#CCNC(=O)C(=O)CC)/C(O)=C\C=C/CC.CCc1ccccc1C.O=CNC1(c2ccc3ccccc3c2)CC1. The van der Waals surface area contributed by atoms with Gasteiger partial charge in [-0.25, -0.2) is 0 Å². The van der Waals surface area contributed by atoms with Gasteiger partial charge in [-0.05, 0) is 72.2 Å². The average molecular weight is 593 g/mol. The minimum Gasteiger partial charge on any atom is -0.507 e. The van der Waals surface area contributed by atoms with Gasteiger partial charge < -0.3 is 15.7 Å². The van der Waals surface area contributed by atoms with Crippen molar-refractivity contribution >= 4 is 28.9 Å². The van der Waals surface area contributed by atoms with Crippen molar-refractivity contribution in [1.29, 1.82) is 0 Å². The van der Waals surface area contributed by atoms with Crippen LogP contribution >= 0.6 is 0 Å². The van der Waals surface area contributed by atoms with Crippen LogP contribution in [0.1, 0.15) is 63.1 Å². The third kappa shape index (κ3) is 11.4. The number of aliphatic hydroxyl groups excluding tert-OH is 1. The second kappa shape index (κ2) is 18.6. The zero-order valence-electron chi connectivity index (χ0n) is 26.3. The highest BCUT2D eigenvalue weighted by molar-refractivity contribution is 6.36. The predicted octanol–water partition coefficient (Wildman–Crippen LogP) is 7.18. The van der Waals surface area contributed by atoms with Crippen LogP contribution in [0.15, 0.2) is 103 Å². The van der Waals surface area contributed by atoms with Crippen molar-refractivity contribution in [2.75, 3.05) is 6.54 Å². The van der Waals surface area contributed by atoms with Gasteiger partial charge in [-0.3, -0.25) is 14.4 Å². The fraction of sp³-hybridized carbons (Fsp3) is 0.289. The number of nitrogens with one attached hydrogen (secondary N) is 2. The molecule has 3 aromatic carbocycles. The fourth-order valence-electron chi connectivity index (χ4n) is 4.24. The van der Waals surface area contributed by atoms with Gasteiger partial charge in [-0.1, -0.05) is 112 Å². The molecule has 6 nitrogen and oxygen atoms in total. The lowest BCUT2D eigenvalue weighted by Gasteiger charge is -2.15. The highest BCUT2D eigenvalue weighted by Crippen LogP contribution is 2.45. The van der Waals surface area contributed by atoms with Gasteiger partial charge in [0.1, 0.15) is 5.76 Å². The quantitative estimate of drug-likeness (QED) is 0.0764. The van der Waals surface area contributed by atoms with E-state index in [1.54, 1.807) is 13.0 Å². The van der Waals surface area contributed by atoms with Crippen LogP contribution < -0.4 is 10.6 Å². The molecule has 1 aliphatic carbocycles. The molecule has 6 heteroatoms. The largest absolute Gasteiger partial charge is 0.507 e. The van der Waals surface area contributed by atoms with E-state index in [0.29, 0.717) is 0 Å². The summed E-state index contributed by atoms with van der Waals surface area (Å²) in [5, 5.41) is 17.3. The second-order valence-electron chi connectivity index (χ2n) is 10.3. The van der Waals surface area contributed by atoms with E-state index in [-0.39, 0.29) is 29.8 Å². The lowest BCUT2D eigenvalue weighted by atomic mass is 10.0. The van der Waals surface area contributed by atoms with E-state index < -0.39 is 11.7 Å². The fourth-order valence-corrected chi connectivity index (χ4v) is 4.24. The topological polar surface area (TPSA) is 95.5 Å². The predicted molar refractivity (Wildman–Crippen MR) is 180 cm³/mol. The summed E-state index contributed by atoms with van der Waals surface area (Å²) in [6, 6.07) is 23.2. The number of Topliss-reactive ketones (excluding diaryl/α,β-unsaturated/α-hetero) is 1. The van der Waals surface area contributed by atoms with E-state index in [9.17, 15) is 19.5 Å². The van der Waals surface area contributed by atoms with Crippen molar-refractivity contribution in [2.24, 2.45) is 0 Å². The highest BCUT2D eigenvalue weighted by Gasteiger charge is 2.43. The zero-order chi connectivity index (χ0) is 32.4. The summed E-state index contributed by atoms with van der Waals surface area (Å²) in [5.41, 5.74) is 4.26. The number of rotatable bonds is 10. The summed E-state index contributed by atoms with van der Waals surface area (Å²) < 4.78 is 0. The molecule has 0 bridgehead atoms. The maximum absolute atomic E-state index is 11.1. The first-order chi connectivity index (χ1) is 21.2. The molecule has 1 saturated carbocycles. The molecule has 44 heavy (non-hydrogen) atoms. The third-order valence-corrected chi connectivity index (χ3v) is 7.12. The van der Waals surface area contributed by atoms with E-state index in [1.165, 1.54) is 33.5 Å². The molecule has 230 valence electrons. The Labute approximate surface area is 262 Å². The molecule has 2 amide bonds. The number of benzene rings is 3. The van der Waals surface area contributed by atoms with Crippen molar-refractivity contribution < 1.29 is 19.5 Å². The van der Waals surface area contributed by atoms with Gasteiger partial charge in [0.25, 0.3) is 5.91 Å². The first-order valence-electron chi connectivity index (χ1n) is 15.0. The van der Waals surface area contributed by atoms with Crippen molar-refractivity contribution in [3.63, 3.8) is 0 Å². The van der Waals surface area contributed by atoms with Crippen molar-refractivity contribution in [3.8, 4) is 11.8 Å². The van der Waals surface area contributed by atoms with Crippen molar-refractivity contribution in [1.82, 2.24) is 10.6 Å². The van der Waals surface area contributed by atoms with Crippen LogP contribution in [0.5, 0.6) is 0 Å². The van der Waals surface area contributed by atoms with Crippen LogP contribution in [-0.4, -0.2) is 29.8 Å². The number of carbonyl (C=O) groups excluding carboxylic acids is 3. The Balaban J connectivity index is 0.000000243. The van der Waals surface area contributed by atoms with E-state index >= 15 is 0 Å². The average Bonchev–Trinajstić information content (AvgIpc) is 3.84. The number of ketones is 1. The summed E-state index contributed by atoms with van der Waals surface area (Å²) in [6.45, 7) is 11.6. The molecule has 0 atom stereocenters. The molecule has 0 heterocycles. The maximum atomic E-state index is 11.1. The first kappa shape index (κ1) is 35.3. The van der Waals surface area contributed by atoms with Crippen molar-refractivity contribution in [3.05, 3.63) is 120 Å². The molecule has 3 aromatic rings. The number of amides is 2. The number of carbonyl (C=O) groups is 3. The minimum absolute atomic E-state index is 0.0202. The normalized spacial score (nSPS) is 12.8. The molecule has 0 aliphatic heterocycles. The standard InChI is InChI=1S/C15H19NO3.C14H13NO.C9H12/c1-4-6-7-10-14(18)12(3)9-8-11-16-15(19)13(17)5-2;16-10-15-14(7-8-14)13-6-5-11-3-1-2-4-12(11)9-13;1-3-9-7-5-4-6-8(9)2/h6-7,10,18H,3-5,11H2,1-2H3,(H,16,19);1-6,9-10H,7-8H2,(H,15,16);4-7H,3H2,1-2H3/b7-6-,14-10+;;. The highest BCUT2D eigenvalue weighted by atomic mass is 16.3. The lowest BCUT2D eigenvalue weighted by molar-refractivity contribution is -0.137. The van der Waals surface area contributed by atoms with Crippen LogP contribution in [0.3, 0.4) is 0 Å². The number of hydrogen-bond acceptors (Lipinski definition) is 4. The Morgan fingerprint density at radius 3 is 2.27 bits per heavy atom. The Hall–Kier alpha value is -4.89. The van der Waals surface area contributed by atoms with E-state index in [4.69, 9.17) is 0 Å². The first-order valence-corrected chi connectivity index (χ1v) is 15.0. The van der Waals surface area contributed by atoms with Gasteiger partial charge in [0, 0.05) is 6.42 Å². The summed E-state index contributed by atoms with van der Waals surface area (Å²) in [7, 11) is 0. The number of hydrogen-bond donors (Lipinski definition) is 3. The van der Waals surface area contributed by atoms with Crippen LogP contribution in [-0.2, 0) is 26.3 Å². The number of aryl methyl sites for hydroxylation is 2.